The standard InChI is InChI=1S/C12H19FN2O2S/c1-9(2)7-8-15(3)18(16,17)11-6-4-5-10(13)12(11)14/h4-6,9H,7-8,14H2,1-3H3. The Labute approximate surface area is 108 Å². The summed E-state index contributed by atoms with van der Waals surface area (Å²) >= 11 is 0. The van der Waals surface area contributed by atoms with Crippen LogP contribution in [0.5, 0.6) is 0 Å². The molecule has 0 aliphatic rings. The first-order valence-corrected chi connectivity index (χ1v) is 7.21. The van der Waals surface area contributed by atoms with E-state index in [-0.39, 0.29) is 10.6 Å². The second kappa shape index (κ2) is 5.67. The van der Waals surface area contributed by atoms with Gasteiger partial charge in [0.05, 0.1) is 5.69 Å². The van der Waals surface area contributed by atoms with E-state index in [1.165, 1.54) is 23.5 Å². The number of hydrogen-bond acceptors (Lipinski definition) is 3. The van der Waals surface area contributed by atoms with Crippen molar-refractivity contribution in [3.63, 3.8) is 0 Å². The third-order valence-electron chi connectivity index (χ3n) is 2.72. The Morgan fingerprint density at radius 1 is 1.39 bits per heavy atom. The molecule has 0 bridgehead atoms. The van der Waals surface area contributed by atoms with Crippen LogP contribution in [0.3, 0.4) is 0 Å². The van der Waals surface area contributed by atoms with Gasteiger partial charge in [-0.2, -0.15) is 0 Å². The van der Waals surface area contributed by atoms with Gasteiger partial charge in [-0.1, -0.05) is 19.9 Å². The molecule has 0 saturated heterocycles. The molecule has 0 radical (unpaired) electrons. The zero-order valence-electron chi connectivity index (χ0n) is 10.9. The Balaban J connectivity index is 3.02. The molecule has 0 heterocycles. The summed E-state index contributed by atoms with van der Waals surface area (Å²) in [6.07, 6.45) is 0.741. The maximum absolute atomic E-state index is 13.3. The summed E-state index contributed by atoms with van der Waals surface area (Å²) in [6, 6.07) is 3.80. The van der Waals surface area contributed by atoms with Gasteiger partial charge in [-0.15, -0.1) is 0 Å². The highest BCUT2D eigenvalue weighted by atomic mass is 32.2. The predicted octanol–water partition coefficient (Wildman–Crippen LogP) is 2.07. The first kappa shape index (κ1) is 14.9. The fraction of sp³-hybridized carbons (Fsp3) is 0.500. The molecule has 1 aromatic rings. The number of benzene rings is 1. The van der Waals surface area contributed by atoms with Gasteiger partial charge in [0.2, 0.25) is 10.0 Å². The van der Waals surface area contributed by atoms with Gasteiger partial charge in [-0.05, 0) is 24.5 Å². The van der Waals surface area contributed by atoms with Gasteiger partial charge in [0.1, 0.15) is 10.7 Å². The van der Waals surface area contributed by atoms with Crippen LogP contribution in [0.15, 0.2) is 23.1 Å². The highest BCUT2D eigenvalue weighted by Crippen LogP contribution is 2.24. The van der Waals surface area contributed by atoms with E-state index in [0.717, 1.165) is 12.5 Å². The number of anilines is 1. The molecule has 1 aromatic carbocycles. The normalized spacial score (nSPS) is 12.3. The van der Waals surface area contributed by atoms with Crippen LogP contribution in [-0.2, 0) is 10.0 Å². The number of nitrogens with two attached hydrogens (primary N) is 1. The van der Waals surface area contributed by atoms with Crippen molar-refractivity contribution in [1.82, 2.24) is 4.31 Å². The molecule has 0 atom stereocenters. The summed E-state index contributed by atoms with van der Waals surface area (Å²) in [5.41, 5.74) is 5.16. The maximum Gasteiger partial charge on any atom is 0.244 e. The molecular weight excluding hydrogens is 255 g/mol. The van der Waals surface area contributed by atoms with Crippen molar-refractivity contribution in [3.05, 3.63) is 24.0 Å². The van der Waals surface area contributed by atoms with Crippen molar-refractivity contribution >= 4 is 15.7 Å². The van der Waals surface area contributed by atoms with Crippen molar-refractivity contribution in [2.45, 2.75) is 25.2 Å². The van der Waals surface area contributed by atoms with Crippen LogP contribution in [0, 0.1) is 11.7 Å². The second-order valence-electron chi connectivity index (χ2n) is 4.66. The number of nitrogens with zero attached hydrogens (tertiary/aromatic N) is 1. The van der Waals surface area contributed by atoms with E-state index < -0.39 is 15.8 Å². The second-order valence-corrected chi connectivity index (χ2v) is 6.67. The number of halogens is 1. The van der Waals surface area contributed by atoms with Crippen molar-refractivity contribution in [3.8, 4) is 0 Å². The summed E-state index contributed by atoms with van der Waals surface area (Å²) in [4.78, 5) is -0.172. The minimum atomic E-state index is -3.72. The third-order valence-corrected chi connectivity index (χ3v) is 4.64. The van der Waals surface area contributed by atoms with Gasteiger partial charge < -0.3 is 5.73 Å². The monoisotopic (exact) mass is 274 g/mol. The number of hydrogen-bond donors (Lipinski definition) is 1. The van der Waals surface area contributed by atoms with E-state index in [1.54, 1.807) is 0 Å². The largest absolute Gasteiger partial charge is 0.395 e. The first-order valence-electron chi connectivity index (χ1n) is 5.77. The molecule has 0 amide bonds. The lowest BCUT2D eigenvalue weighted by Crippen LogP contribution is -2.29. The van der Waals surface area contributed by atoms with Crippen LogP contribution in [0.25, 0.3) is 0 Å². The van der Waals surface area contributed by atoms with Gasteiger partial charge >= 0.3 is 0 Å². The third kappa shape index (κ3) is 3.20. The van der Waals surface area contributed by atoms with Crippen LogP contribution in [0.2, 0.25) is 0 Å². The molecule has 0 fully saturated rings. The van der Waals surface area contributed by atoms with E-state index in [9.17, 15) is 12.8 Å². The van der Waals surface area contributed by atoms with E-state index in [4.69, 9.17) is 5.73 Å². The van der Waals surface area contributed by atoms with Crippen LogP contribution in [0.1, 0.15) is 20.3 Å². The van der Waals surface area contributed by atoms with Crippen LogP contribution >= 0.6 is 0 Å². The molecular formula is C12H19FN2O2S. The quantitative estimate of drug-likeness (QED) is 0.836. The molecule has 0 saturated carbocycles. The number of nitrogen functional groups attached to an aromatic ring is 1. The summed E-state index contributed by atoms with van der Waals surface area (Å²) < 4.78 is 38.9. The Bertz CT molecular complexity index is 515. The molecule has 0 spiro atoms. The smallest absolute Gasteiger partial charge is 0.244 e. The average molecular weight is 274 g/mol. The highest BCUT2D eigenvalue weighted by molar-refractivity contribution is 7.89. The van der Waals surface area contributed by atoms with Crippen molar-refractivity contribution in [2.24, 2.45) is 5.92 Å². The average Bonchev–Trinajstić information content (AvgIpc) is 2.29. The fourth-order valence-electron chi connectivity index (χ4n) is 1.47. The SMILES string of the molecule is CC(C)CCN(C)S(=O)(=O)c1cccc(F)c1N. The van der Waals surface area contributed by atoms with Gasteiger partial charge in [0.25, 0.3) is 0 Å². The summed E-state index contributed by atoms with van der Waals surface area (Å²) in [5.74, 6) is -0.319. The van der Waals surface area contributed by atoms with E-state index >= 15 is 0 Å². The van der Waals surface area contributed by atoms with Gasteiger partial charge in [0, 0.05) is 13.6 Å². The zero-order chi connectivity index (χ0) is 13.9. The lowest BCUT2D eigenvalue weighted by Gasteiger charge is -2.19. The van der Waals surface area contributed by atoms with E-state index in [0.29, 0.717) is 12.5 Å². The molecule has 6 heteroatoms. The van der Waals surface area contributed by atoms with Crippen LogP contribution in [-0.4, -0.2) is 26.3 Å². The highest BCUT2D eigenvalue weighted by Gasteiger charge is 2.24. The van der Waals surface area contributed by atoms with E-state index in [2.05, 4.69) is 0 Å². The molecule has 0 aromatic heterocycles. The fourth-order valence-corrected chi connectivity index (χ4v) is 2.78. The Hall–Kier alpha value is -1.14. The van der Waals surface area contributed by atoms with Gasteiger partial charge in [0.15, 0.2) is 0 Å². The Morgan fingerprint density at radius 3 is 2.56 bits per heavy atom. The molecule has 0 unspecified atom stereocenters. The molecule has 0 aliphatic carbocycles. The summed E-state index contributed by atoms with van der Waals surface area (Å²) in [6.45, 7) is 4.41. The van der Waals surface area contributed by atoms with Crippen molar-refractivity contribution < 1.29 is 12.8 Å². The Morgan fingerprint density at radius 2 is 2.00 bits per heavy atom. The number of rotatable bonds is 5. The minimum absolute atomic E-state index is 0.172. The topological polar surface area (TPSA) is 63.4 Å². The first-order chi connectivity index (χ1) is 8.26. The van der Waals surface area contributed by atoms with Crippen LogP contribution in [0.4, 0.5) is 10.1 Å². The number of para-hydroxylation sites is 1. The van der Waals surface area contributed by atoms with Crippen LogP contribution < -0.4 is 5.73 Å². The summed E-state index contributed by atoms with van der Waals surface area (Å²) in [7, 11) is -2.25. The van der Waals surface area contributed by atoms with Crippen molar-refractivity contribution in [1.29, 1.82) is 0 Å². The molecule has 0 aliphatic heterocycles. The zero-order valence-corrected chi connectivity index (χ0v) is 11.7. The molecule has 4 nitrogen and oxygen atoms in total. The molecule has 18 heavy (non-hydrogen) atoms. The lowest BCUT2D eigenvalue weighted by atomic mass is 10.1. The van der Waals surface area contributed by atoms with Crippen molar-refractivity contribution in [2.75, 3.05) is 19.3 Å². The minimum Gasteiger partial charge on any atom is -0.395 e. The molecule has 1 rings (SSSR count). The predicted molar refractivity (Wildman–Crippen MR) is 70.1 cm³/mol. The maximum atomic E-state index is 13.3. The van der Waals surface area contributed by atoms with Gasteiger partial charge in [-0.3, -0.25) is 0 Å². The summed E-state index contributed by atoms with van der Waals surface area (Å²) in [5, 5.41) is 0. The molecule has 102 valence electrons. The Kier molecular flexibility index (Phi) is 4.70. The number of sulfonamides is 1. The van der Waals surface area contributed by atoms with E-state index in [1.807, 2.05) is 13.8 Å². The lowest BCUT2D eigenvalue weighted by molar-refractivity contribution is 0.428. The van der Waals surface area contributed by atoms with Gasteiger partial charge in [-0.25, -0.2) is 17.1 Å². The molecule has 2 N–H and O–H groups in total.